The molecule has 2 aliphatic rings. The molecule has 0 saturated heterocycles. The van der Waals surface area contributed by atoms with E-state index in [1.54, 1.807) is 0 Å². The molecule has 0 saturated carbocycles. The number of rotatable bonds is 3. The van der Waals surface area contributed by atoms with Gasteiger partial charge < -0.3 is 15.1 Å². The Balaban J connectivity index is 0.00000210. The van der Waals surface area contributed by atoms with Gasteiger partial charge in [0.2, 0.25) is 5.91 Å². The predicted molar refractivity (Wildman–Crippen MR) is 120 cm³/mol. The number of guanidine groups is 1. The molecule has 2 aromatic carbocycles. The Morgan fingerprint density at radius 3 is 2.56 bits per heavy atom. The minimum atomic E-state index is 0. The highest BCUT2D eigenvalue weighted by atomic mass is 127. The van der Waals surface area contributed by atoms with Gasteiger partial charge in [-0.25, -0.2) is 0 Å². The van der Waals surface area contributed by atoms with Crippen LogP contribution in [0, 0.1) is 0 Å². The number of carbonyl (C=O) groups excluding carboxylic acids is 1. The monoisotopic (exact) mass is 476 g/mol. The number of halogens is 1. The smallest absolute Gasteiger partial charge is 0.231 e. The Kier molecular flexibility index (Phi) is 6.36. The van der Waals surface area contributed by atoms with Crippen LogP contribution in [0.15, 0.2) is 53.5 Å². The van der Waals surface area contributed by atoms with Gasteiger partial charge in [-0.15, -0.1) is 24.0 Å². The molecule has 0 aromatic heterocycles. The summed E-state index contributed by atoms with van der Waals surface area (Å²) in [7, 11) is 1.82. The number of benzene rings is 2. The maximum Gasteiger partial charge on any atom is 0.231 e. The fourth-order valence-corrected chi connectivity index (χ4v) is 3.85. The summed E-state index contributed by atoms with van der Waals surface area (Å²) in [5, 5.41) is 3.43. The molecule has 0 aliphatic carbocycles. The molecule has 0 bridgehead atoms. The number of nitrogens with one attached hydrogen (secondary N) is 1. The highest BCUT2D eigenvalue weighted by Crippen LogP contribution is 2.27. The van der Waals surface area contributed by atoms with Crippen molar-refractivity contribution in [2.75, 3.05) is 31.6 Å². The standard InChI is InChI=1S/C21H24N4O.HI/c1-22-21(24-12-10-16-6-2-3-8-18(16)15-24)23-11-13-25-19-9-5-4-7-17(19)14-20(25)26;/h2-9H,10-15H2,1H3,(H,22,23);1H. The number of hydrogen-bond donors (Lipinski definition) is 1. The Morgan fingerprint density at radius 2 is 1.78 bits per heavy atom. The molecule has 0 radical (unpaired) electrons. The summed E-state index contributed by atoms with van der Waals surface area (Å²) < 4.78 is 0. The molecule has 2 heterocycles. The minimum Gasteiger partial charge on any atom is -0.354 e. The average Bonchev–Trinajstić information content (AvgIpc) is 3.00. The zero-order valence-corrected chi connectivity index (χ0v) is 17.8. The lowest BCUT2D eigenvalue weighted by atomic mass is 10.0. The van der Waals surface area contributed by atoms with Gasteiger partial charge >= 0.3 is 0 Å². The van der Waals surface area contributed by atoms with Crippen molar-refractivity contribution >= 4 is 41.5 Å². The fraction of sp³-hybridized carbons (Fsp3) is 0.333. The third-order valence-electron chi connectivity index (χ3n) is 5.19. The Bertz CT molecular complexity index is 852. The first-order valence-corrected chi connectivity index (χ1v) is 9.17. The topological polar surface area (TPSA) is 47.9 Å². The van der Waals surface area contributed by atoms with E-state index in [0.717, 1.165) is 36.7 Å². The van der Waals surface area contributed by atoms with Gasteiger partial charge in [-0.05, 0) is 29.2 Å². The number of amides is 1. The van der Waals surface area contributed by atoms with Gasteiger partial charge in [-0.2, -0.15) is 0 Å². The molecule has 4 rings (SSSR count). The zero-order chi connectivity index (χ0) is 17.9. The van der Waals surface area contributed by atoms with Crippen LogP contribution in [0.25, 0.3) is 0 Å². The van der Waals surface area contributed by atoms with Crippen LogP contribution in [0.1, 0.15) is 16.7 Å². The fourth-order valence-electron chi connectivity index (χ4n) is 3.85. The van der Waals surface area contributed by atoms with Crippen LogP contribution in [0.5, 0.6) is 0 Å². The first-order valence-electron chi connectivity index (χ1n) is 9.17. The third-order valence-corrected chi connectivity index (χ3v) is 5.19. The zero-order valence-electron chi connectivity index (χ0n) is 15.5. The van der Waals surface area contributed by atoms with Crippen molar-refractivity contribution in [1.29, 1.82) is 0 Å². The summed E-state index contributed by atoms with van der Waals surface area (Å²) in [6.07, 6.45) is 1.54. The van der Waals surface area contributed by atoms with E-state index in [2.05, 4.69) is 39.5 Å². The molecule has 1 N–H and O–H groups in total. The number of carbonyl (C=O) groups is 1. The molecular weight excluding hydrogens is 451 g/mol. The number of fused-ring (bicyclic) bond motifs is 2. The van der Waals surface area contributed by atoms with E-state index >= 15 is 0 Å². The van der Waals surface area contributed by atoms with E-state index in [9.17, 15) is 4.79 Å². The SMILES string of the molecule is CN=C(NCCN1C(=O)Cc2ccccc21)N1CCc2ccccc2C1.I. The molecule has 2 aliphatic heterocycles. The van der Waals surface area contributed by atoms with Crippen LogP contribution in [0.4, 0.5) is 5.69 Å². The van der Waals surface area contributed by atoms with Gasteiger partial charge in [-0.1, -0.05) is 42.5 Å². The van der Waals surface area contributed by atoms with Crippen LogP contribution in [-0.4, -0.2) is 43.4 Å². The van der Waals surface area contributed by atoms with Crippen molar-refractivity contribution in [2.45, 2.75) is 19.4 Å². The summed E-state index contributed by atoms with van der Waals surface area (Å²) in [6, 6.07) is 16.6. The first kappa shape index (κ1) is 19.7. The van der Waals surface area contributed by atoms with Gasteiger partial charge in [0.15, 0.2) is 5.96 Å². The van der Waals surface area contributed by atoms with Gasteiger partial charge in [-0.3, -0.25) is 9.79 Å². The molecule has 0 atom stereocenters. The lowest BCUT2D eigenvalue weighted by Gasteiger charge is -2.32. The lowest BCUT2D eigenvalue weighted by molar-refractivity contribution is -0.117. The summed E-state index contributed by atoms with van der Waals surface area (Å²) in [6.45, 7) is 3.17. The second kappa shape index (κ2) is 8.73. The van der Waals surface area contributed by atoms with Crippen molar-refractivity contribution in [3.63, 3.8) is 0 Å². The molecule has 5 nitrogen and oxygen atoms in total. The Hall–Kier alpha value is -2.09. The molecule has 2 aromatic rings. The summed E-state index contributed by atoms with van der Waals surface area (Å²) >= 11 is 0. The molecule has 1 amide bonds. The van der Waals surface area contributed by atoms with E-state index in [1.807, 2.05) is 36.2 Å². The third kappa shape index (κ3) is 4.10. The first-order chi connectivity index (χ1) is 12.8. The summed E-state index contributed by atoms with van der Waals surface area (Å²) in [5.41, 5.74) is 4.96. The number of aliphatic imine (C=N–C) groups is 1. The average molecular weight is 476 g/mol. The summed E-state index contributed by atoms with van der Waals surface area (Å²) in [5.74, 6) is 1.08. The maximum absolute atomic E-state index is 12.3. The molecular formula is C21H25IN4O. The van der Waals surface area contributed by atoms with Crippen molar-refractivity contribution in [1.82, 2.24) is 10.2 Å². The largest absolute Gasteiger partial charge is 0.354 e. The highest BCUT2D eigenvalue weighted by molar-refractivity contribution is 14.0. The number of para-hydroxylation sites is 1. The van der Waals surface area contributed by atoms with Gasteiger partial charge in [0.1, 0.15) is 0 Å². The van der Waals surface area contributed by atoms with Gasteiger partial charge in [0.05, 0.1) is 6.42 Å². The van der Waals surface area contributed by atoms with E-state index in [1.165, 1.54) is 11.1 Å². The van der Waals surface area contributed by atoms with E-state index < -0.39 is 0 Å². The van der Waals surface area contributed by atoms with Crippen molar-refractivity contribution < 1.29 is 4.79 Å². The van der Waals surface area contributed by atoms with Crippen LogP contribution in [0.3, 0.4) is 0 Å². The van der Waals surface area contributed by atoms with Crippen molar-refractivity contribution in [3.05, 3.63) is 65.2 Å². The molecule has 27 heavy (non-hydrogen) atoms. The number of anilines is 1. The van der Waals surface area contributed by atoms with E-state index in [0.29, 0.717) is 19.5 Å². The normalized spacial score (nSPS) is 15.9. The van der Waals surface area contributed by atoms with Gasteiger partial charge in [0.25, 0.3) is 0 Å². The van der Waals surface area contributed by atoms with E-state index in [-0.39, 0.29) is 29.9 Å². The number of hydrogen-bond acceptors (Lipinski definition) is 2. The van der Waals surface area contributed by atoms with Crippen molar-refractivity contribution in [3.8, 4) is 0 Å². The Labute approximate surface area is 177 Å². The predicted octanol–water partition coefficient (Wildman–Crippen LogP) is 2.83. The molecule has 0 fully saturated rings. The van der Waals surface area contributed by atoms with Crippen LogP contribution in [-0.2, 0) is 24.2 Å². The van der Waals surface area contributed by atoms with Crippen LogP contribution in [0.2, 0.25) is 0 Å². The highest BCUT2D eigenvalue weighted by Gasteiger charge is 2.26. The maximum atomic E-state index is 12.3. The van der Waals surface area contributed by atoms with Crippen LogP contribution < -0.4 is 10.2 Å². The minimum absolute atomic E-state index is 0. The quantitative estimate of drug-likeness (QED) is 0.421. The summed E-state index contributed by atoms with van der Waals surface area (Å²) in [4.78, 5) is 20.9. The molecule has 0 unspecified atom stereocenters. The Morgan fingerprint density at radius 1 is 1.07 bits per heavy atom. The van der Waals surface area contributed by atoms with Crippen LogP contribution >= 0.6 is 24.0 Å². The molecule has 0 spiro atoms. The molecule has 142 valence electrons. The van der Waals surface area contributed by atoms with Gasteiger partial charge in [0, 0.05) is 38.9 Å². The molecule has 6 heteroatoms. The van der Waals surface area contributed by atoms with E-state index in [4.69, 9.17) is 0 Å². The lowest BCUT2D eigenvalue weighted by Crippen LogP contribution is -2.46. The second-order valence-electron chi connectivity index (χ2n) is 6.77. The van der Waals surface area contributed by atoms with Crippen molar-refractivity contribution in [2.24, 2.45) is 4.99 Å². The number of nitrogens with zero attached hydrogens (tertiary/aromatic N) is 3. The second-order valence-corrected chi connectivity index (χ2v) is 6.77.